The van der Waals surface area contributed by atoms with Crippen LogP contribution in [0.15, 0.2) is 22.7 Å². The van der Waals surface area contributed by atoms with E-state index in [1.165, 1.54) is 0 Å². The first-order valence-corrected chi connectivity index (χ1v) is 8.86. The number of aliphatic carboxylic acids is 1. The van der Waals surface area contributed by atoms with Crippen molar-refractivity contribution < 1.29 is 32.2 Å². The van der Waals surface area contributed by atoms with Crippen LogP contribution in [0.1, 0.15) is 24.3 Å². The number of carbonyl (C=O) groups is 1. The molecule has 154 valence electrons. The molecule has 0 aliphatic carbocycles. The van der Waals surface area contributed by atoms with Crippen molar-refractivity contribution in [2.24, 2.45) is 0 Å². The Kier molecular flexibility index (Phi) is 7.31. The summed E-state index contributed by atoms with van der Waals surface area (Å²) in [7, 11) is 0. The van der Waals surface area contributed by atoms with Crippen molar-refractivity contribution in [1.82, 2.24) is 10.3 Å². The summed E-state index contributed by atoms with van der Waals surface area (Å²) in [6, 6.07) is 3.80. The van der Waals surface area contributed by atoms with Crippen LogP contribution in [0.25, 0.3) is 11.3 Å². The fraction of sp³-hybridized carbons (Fsp3) is 0.444. The van der Waals surface area contributed by atoms with Crippen molar-refractivity contribution in [3.63, 3.8) is 0 Å². The minimum absolute atomic E-state index is 0.230. The van der Waals surface area contributed by atoms with Gasteiger partial charge in [0.2, 0.25) is 0 Å². The Morgan fingerprint density at radius 3 is 2.43 bits per heavy atom. The normalized spacial score (nSPS) is 14.9. The van der Waals surface area contributed by atoms with Crippen molar-refractivity contribution in [2.45, 2.75) is 39.0 Å². The second-order valence-corrected chi connectivity index (χ2v) is 6.65. The molecule has 6 nitrogen and oxygen atoms in total. The van der Waals surface area contributed by atoms with Crippen LogP contribution < -0.4 is 10.1 Å². The molecule has 0 amide bonds. The van der Waals surface area contributed by atoms with Gasteiger partial charge in [-0.3, -0.25) is 0 Å². The molecule has 0 spiro atoms. The summed E-state index contributed by atoms with van der Waals surface area (Å²) >= 11 is 6.19. The van der Waals surface area contributed by atoms with Crippen molar-refractivity contribution >= 4 is 17.6 Å². The minimum Gasteiger partial charge on any atom is -0.489 e. The van der Waals surface area contributed by atoms with Gasteiger partial charge in [-0.05, 0) is 50.6 Å². The summed E-state index contributed by atoms with van der Waals surface area (Å²) in [4.78, 5) is 13.1. The quantitative estimate of drug-likeness (QED) is 0.766. The van der Waals surface area contributed by atoms with Crippen molar-refractivity contribution in [3.05, 3.63) is 34.8 Å². The molecule has 1 aromatic heterocycles. The molecule has 1 aliphatic rings. The number of benzene rings is 1. The van der Waals surface area contributed by atoms with E-state index in [1.54, 1.807) is 6.20 Å². The van der Waals surface area contributed by atoms with Crippen LogP contribution in [0.4, 0.5) is 13.2 Å². The molecule has 10 heteroatoms. The van der Waals surface area contributed by atoms with Gasteiger partial charge in [0, 0.05) is 11.9 Å². The van der Waals surface area contributed by atoms with Gasteiger partial charge >= 0.3 is 12.1 Å². The molecular weight excluding hydrogens is 401 g/mol. The van der Waals surface area contributed by atoms with Crippen molar-refractivity contribution in [3.8, 4) is 17.1 Å². The van der Waals surface area contributed by atoms with Gasteiger partial charge in [0.05, 0.1) is 11.8 Å². The van der Waals surface area contributed by atoms with Crippen LogP contribution in [0, 0.1) is 13.8 Å². The van der Waals surface area contributed by atoms with Crippen LogP contribution in [0.5, 0.6) is 5.75 Å². The van der Waals surface area contributed by atoms with E-state index in [4.69, 9.17) is 30.7 Å². The maximum atomic E-state index is 10.6. The third kappa shape index (κ3) is 6.13. The molecule has 1 saturated heterocycles. The SMILES string of the molecule is Cc1ncc(-c2cc(Cl)cc(C)c2OC2CCNCC2)o1.O=C(O)C(F)(F)F. The standard InChI is InChI=1S/C16H19ClN2O2.C2HF3O2/c1-10-7-12(17)8-14(15-9-19-11(2)20-15)16(10)21-13-3-5-18-6-4-13;3-2(4,5)1(6)7/h7-9,13,18H,3-6H2,1-2H3;(H,6,7). The van der Waals surface area contributed by atoms with Gasteiger partial charge in [0.1, 0.15) is 11.9 Å². The van der Waals surface area contributed by atoms with E-state index in [-0.39, 0.29) is 6.10 Å². The molecule has 0 saturated carbocycles. The lowest BCUT2D eigenvalue weighted by molar-refractivity contribution is -0.192. The third-order valence-corrected chi connectivity index (χ3v) is 4.16. The zero-order valence-corrected chi connectivity index (χ0v) is 16.0. The lowest BCUT2D eigenvalue weighted by Crippen LogP contribution is -2.34. The van der Waals surface area contributed by atoms with Crippen molar-refractivity contribution in [2.75, 3.05) is 13.1 Å². The fourth-order valence-electron chi connectivity index (χ4n) is 2.64. The van der Waals surface area contributed by atoms with Gasteiger partial charge in [-0.2, -0.15) is 13.2 Å². The molecule has 2 N–H and O–H groups in total. The number of piperidine rings is 1. The number of aromatic nitrogens is 1. The second-order valence-electron chi connectivity index (χ2n) is 6.21. The monoisotopic (exact) mass is 420 g/mol. The van der Waals surface area contributed by atoms with E-state index in [0.717, 1.165) is 42.8 Å². The molecule has 1 fully saturated rings. The van der Waals surface area contributed by atoms with E-state index < -0.39 is 12.1 Å². The first-order chi connectivity index (χ1) is 13.1. The number of alkyl halides is 3. The van der Waals surface area contributed by atoms with Crippen LogP contribution in [-0.4, -0.2) is 41.4 Å². The molecule has 1 aromatic carbocycles. The molecule has 0 unspecified atom stereocenters. The average Bonchev–Trinajstić information content (AvgIpc) is 3.04. The number of ether oxygens (including phenoxy) is 1. The average molecular weight is 421 g/mol. The van der Waals surface area contributed by atoms with E-state index in [2.05, 4.69) is 10.3 Å². The molecule has 3 rings (SSSR count). The van der Waals surface area contributed by atoms with E-state index >= 15 is 0 Å². The number of rotatable bonds is 3. The lowest BCUT2D eigenvalue weighted by atomic mass is 10.1. The van der Waals surface area contributed by atoms with Crippen LogP contribution in [-0.2, 0) is 4.79 Å². The van der Waals surface area contributed by atoms with Crippen LogP contribution in [0.3, 0.4) is 0 Å². The molecule has 1 aliphatic heterocycles. The number of nitrogens with zero attached hydrogens (tertiary/aromatic N) is 1. The van der Waals surface area contributed by atoms with Gasteiger partial charge in [-0.25, -0.2) is 9.78 Å². The summed E-state index contributed by atoms with van der Waals surface area (Å²) in [5.74, 6) is -0.576. The zero-order valence-electron chi connectivity index (χ0n) is 15.3. The first kappa shape index (κ1) is 22.0. The first-order valence-electron chi connectivity index (χ1n) is 8.48. The largest absolute Gasteiger partial charge is 0.490 e. The summed E-state index contributed by atoms with van der Waals surface area (Å²) in [5, 5.41) is 11.1. The molecule has 0 radical (unpaired) electrons. The highest BCUT2D eigenvalue weighted by molar-refractivity contribution is 6.31. The van der Waals surface area contributed by atoms with E-state index in [0.29, 0.717) is 16.7 Å². The molecule has 2 heterocycles. The third-order valence-electron chi connectivity index (χ3n) is 3.94. The highest BCUT2D eigenvalue weighted by Crippen LogP contribution is 2.37. The number of hydrogen-bond donors (Lipinski definition) is 2. The minimum atomic E-state index is -5.08. The Bertz CT molecular complexity index is 818. The highest BCUT2D eigenvalue weighted by atomic mass is 35.5. The molecule has 2 aromatic rings. The second kappa shape index (κ2) is 9.29. The number of aryl methyl sites for hydroxylation is 2. The molecular formula is C18H20ClF3N2O4. The summed E-state index contributed by atoms with van der Waals surface area (Å²) in [6.45, 7) is 5.82. The van der Waals surface area contributed by atoms with Crippen LogP contribution in [0.2, 0.25) is 5.02 Å². The maximum absolute atomic E-state index is 10.6. The van der Waals surface area contributed by atoms with Crippen molar-refractivity contribution in [1.29, 1.82) is 0 Å². The van der Waals surface area contributed by atoms with Gasteiger partial charge in [0.25, 0.3) is 0 Å². The van der Waals surface area contributed by atoms with Gasteiger partial charge in [-0.15, -0.1) is 0 Å². The summed E-state index contributed by atoms with van der Waals surface area (Å²) in [6.07, 6.45) is -1.11. The van der Waals surface area contributed by atoms with Crippen LogP contribution >= 0.6 is 11.6 Å². The number of oxazole rings is 1. The van der Waals surface area contributed by atoms with E-state index in [1.807, 2.05) is 26.0 Å². The lowest BCUT2D eigenvalue weighted by Gasteiger charge is -2.25. The maximum Gasteiger partial charge on any atom is 0.490 e. The fourth-order valence-corrected chi connectivity index (χ4v) is 2.91. The number of hydrogen-bond acceptors (Lipinski definition) is 5. The van der Waals surface area contributed by atoms with Gasteiger partial charge < -0.3 is 19.6 Å². The van der Waals surface area contributed by atoms with Gasteiger partial charge in [0.15, 0.2) is 11.7 Å². The Morgan fingerprint density at radius 1 is 1.32 bits per heavy atom. The van der Waals surface area contributed by atoms with Gasteiger partial charge in [-0.1, -0.05) is 11.6 Å². The summed E-state index contributed by atoms with van der Waals surface area (Å²) < 4.78 is 43.6. The molecule has 0 bridgehead atoms. The predicted octanol–water partition coefficient (Wildman–Crippen LogP) is 4.38. The number of nitrogens with one attached hydrogen (secondary N) is 1. The topological polar surface area (TPSA) is 84.6 Å². The summed E-state index contributed by atoms with van der Waals surface area (Å²) in [5.41, 5.74) is 1.89. The highest BCUT2D eigenvalue weighted by Gasteiger charge is 2.38. The zero-order chi connectivity index (χ0) is 20.9. The molecule has 0 atom stereocenters. The number of carboxylic acid groups (broad SMARTS) is 1. The Hall–Kier alpha value is -2.26. The number of carboxylic acids is 1. The predicted molar refractivity (Wildman–Crippen MR) is 96.6 cm³/mol. The Balaban J connectivity index is 0.000000345. The number of halogens is 4. The van der Waals surface area contributed by atoms with E-state index in [9.17, 15) is 13.2 Å². The Morgan fingerprint density at radius 2 is 1.93 bits per heavy atom. The molecule has 28 heavy (non-hydrogen) atoms. The Labute approximate surface area is 164 Å². The smallest absolute Gasteiger partial charge is 0.489 e.